The molecule has 3 rings (SSSR count). The first kappa shape index (κ1) is 19.1. The van der Waals surface area contributed by atoms with Crippen LogP contribution in [-0.2, 0) is 6.54 Å². The molecule has 5 N–H and O–H groups in total. The molecule has 0 spiro atoms. The molecule has 10 heteroatoms. The van der Waals surface area contributed by atoms with Crippen molar-refractivity contribution in [3.8, 4) is 0 Å². The summed E-state index contributed by atoms with van der Waals surface area (Å²) >= 11 is 6.09. The third-order valence-electron chi connectivity index (χ3n) is 4.16. The van der Waals surface area contributed by atoms with E-state index in [1.165, 1.54) is 0 Å². The van der Waals surface area contributed by atoms with Crippen LogP contribution in [0.3, 0.4) is 0 Å². The smallest absolute Gasteiger partial charge is 0.227 e. The highest BCUT2D eigenvalue weighted by atomic mass is 35.5. The Morgan fingerprint density at radius 2 is 2.04 bits per heavy atom. The maximum atomic E-state index is 9.61. The lowest BCUT2D eigenvalue weighted by atomic mass is 10.1. The summed E-state index contributed by atoms with van der Waals surface area (Å²) < 4.78 is 1.68. The zero-order valence-corrected chi connectivity index (χ0v) is 16.2. The Morgan fingerprint density at radius 3 is 2.67 bits per heavy atom. The second kappa shape index (κ2) is 7.93. The van der Waals surface area contributed by atoms with Crippen LogP contribution in [0.25, 0.3) is 11.2 Å². The van der Waals surface area contributed by atoms with Gasteiger partial charge in [-0.2, -0.15) is 9.97 Å². The van der Waals surface area contributed by atoms with E-state index in [0.29, 0.717) is 45.9 Å². The number of anilines is 4. The molecular formula is C17H23ClN8O. The van der Waals surface area contributed by atoms with E-state index >= 15 is 0 Å². The highest BCUT2D eigenvalue weighted by molar-refractivity contribution is 6.31. The van der Waals surface area contributed by atoms with E-state index in [1.54, 1.807) is 22.9 Å². The van der Waals surface area contributed by atoms with Gasteiger partial charge in [0.05, 0.1) is 12.6 Å². The predicted molar refractivity (Wildman–Crippen MR) is 107 cm³/mol. The molecule has 2 aromatic heterocycles. The van der Waals surface area contributed by atoms with Crippen LogP contribution in [-0.4, -0.2) is 42.7 Å². The molecule has 0 bridgehead atoms. The average molecular weight is 391 g/mol. The second-order valence-corrected chi connectivity index (χ2v) is 6.99. The van der Waals surface area contributed by atoms with Gasteiger partial charge < -0.3 is 21.5 Å². The minimum atomic E-state index is -0.178. The SMILES string of the molecule is CCn1nnc2c(Nc3cc(N)cc(Cl)c3)nc(N[C@@H](CO)C(C)C)nc21. The van der Waals surface area contributed by atoms with E-state index < -0.39 is 0 Å². The number of nitrogens with two attached hydrogens (primary N) is 1. The molecule has 3 aromatic rings. The van der Waals surface area contributed by atoms with Crippen molar-refractivity contribution in [1.82, 2.24) is 25.0 Å². The molecule has 0 radical (unpaired) electrons. The number of aliphatic hydroxyl groups is 1. The van der Waals surface area contributed by atoms with Crippen LogP contribution in [0.2, 0.25) is 5.02 Å². The number of halogens is 1. The maximum absolute atomic E-state index is 9.61. The molecule has 0 fully saturated rings. The lowest BCUT2D eigenvalue weighted by Crippen LogP contribution is -2.30. The third kappa shape index (κ3) is 4.20. The zero-order valence-electron chi connectivity index (χ0n) is 15.4. The predicted octanol–water partition coefficient (Wildman–Crippen LogP) is 2.65. The van der Waals surface area contributed by atoms with Crippen molar-refractivity contribution < 1.29 is 5.11 Å². The van der Waals surface area contributed by atoms with Crippen molar-refractivity contribution in [3.05, 3.63) is 23.2 Å². The Hall–Kier alpha value is -2.65. The quantitative estimate of drug-likeness (QED) is 0.453. The second-order valence-electron chi connectivity index (χ2n) is 6.55. The van der Waals surface area contributed by atoms with Crippen LogP contribution >= 0.6 is 11.6 Å². The molecule has 1 atom stereocenters. The normalized spacial score (nSPS) is 12.5. The molecule has 0 saturated carbocycles. The van der Waals surface area contributed by atoms with Crippen LogP contribution in [0.4, 0.5) is 23.1 Å². The number of nitrogens with one attached hydrogen (secondary N) is 2. The van der Waals surface area contributed by atoms with Crippen LogP contribution in [0.15, 0.2) is 18.2 Å². The summed E-state index contributed by atoms with van der Waals surface area (Å²) in [6, 6.07) is 4.98. The molecule has 0 aliphatic rings. The molecule has 144 valence electrons. The number of aliphatic hydroxyl groups excluding tert-OH is 1. The van der Waals surface area contributed by atoms with Gasteiger partial charge in [-0.05, 0) is 31.0 Å². The van der Waals surface area contributed by atoms with Crippen LogP contribution in [0, 0.1) is 5.92 Å². The number of rotatable bonds is 7. The molecule has 0 aliphatic heterocycles. The van der Waals surface area contributed by atoms with Crippen LogP contribution in [0.5, 0.6) is 0 Å². The molecule has 0 amide bonds. The first-order valence-electron chi connectivity index (χ1n) is 8.73. The highest BCUT2D eigenvalue weighted by Crippen LogP contribution is 2.27. The van der Waals surface area contributed by atoms with Gasteiger partial charge >= 0.3 is 0 Å². The molecule has 0 saturated heterocycles. The van der Waals surface area contributed by atoms with Gasteiger partial charge in [-0.3, -0.25) is 0 Å². The van der Waals surface area contributed by atoms with Gasteiger partial charge in [0.2, 0.25) is 5.95 Å². The molecule has 9 nitrogen and oxygen atoms in total. The number of hydrogen-bond donors (Lipinski definition) is 4. The highest BCUT2D eigenvalue weighted by Gasteiger charge is 2.18. The Bertz CT molecular complexity index is 922. The van der Waals surface area contributed by atoms with Gasteiger partial charge in [-0.25, -0.2) is 4.68 Å². The Morgan fingerprint density at radius 1 is 1.26 bits per heavy atom. The fourth-order valence-electron chi connectivity index (χ4n) is 2.63. The monoisotopic (exact) mass is 390 g/mol. The molecule has 1 aromatic carbocycles. The van der Waals surface area contributed by atoms with Crippen LogP contribution in [0.1, 0.15) is 20.8 Å². The summed E-state index contributed by atoms with van der Waals surface area (Å²) in [4.78, 5) is 9.06. The van der Waals surface area contributed by atoms with Gasteiger partial charge in [0, 0.05) is 22.9 Å². The first-order chi connectivity index (χ1) is 12.9. The number of nitrogens with zero attached hydrogens (tertiary/aromatic N) is 5. The largest absolute Gasteiger partial charge is 0.399 e. The van der Waals surface area contributed by atoms with Crippen molar-refractivity contribution in [2.75, 3.05) is 23.0 Å². The van der Waals surface area contributed by atoms with Crippen molar-refractivity contribution in [1.29, 1.82) is 0 Å². The minimum Gasteiger partial charge on any atom is -0.399 e. The molecule has 27 heavy (non-hydrogen) atoms. The molecule has 2 heterocycles. The Balaban J connectivity index is 2.05. The number of aryl methyl sites for hydroxylation is 1. The van der Waals surface area contributed by atoms with Gasteiger partial charge in [0.15, 0.2) is 17.0 Å². The van der Waals surface area contributed by atoms with Gasteiger partial charge in [0.25, 0.3) is 0 Å². The van der Waals surface area contributed by atoms with E-state index in [2.05, 4.69) is 30.9 Å². The Kier molecular flexibility index (Phi) is 5.62. The minimum absolute atomic E-state index is 0.0298. The fourth-order valence-corrected chi connectivity index (χ4v) is 2.87. The van der Waals surface area contributed by atoms with Crippen molar-refractivity contribution in [2.45, 2.75) is 33.4 Å². The van der Waals surface area contributed by atoms with Crippen molar-refractivity contribution >= 4 is 45.9 Å². The summed E-state index contributed by atoms with van der Waals surface area (Å²) in [5.41, 5.74) is 8.21. The molecule has 0 aliphatic carbocycles. The summed E-state index contributed by atoms with van der Waals surface area (Å²) in [5.74, 6) is 1.06. The summed E-state index contributed by atoms with van der Waals surface area (Å²) in [7, 11) is 0. The summed E-state index contributed by atoms with van der Waals surface area (Å²) in [5, 5.41) is 24.8. The van der Waals surface area contributed by atoms with Gasteiger partial charge in [0.1, 0.15) is 0 Å². The van der Waals surface area contributed by atoms with Crippen molar-refractivity contribution in [2.24, 2.45) is 5.92 Å². The maximum Gasteiger partial charge on any atom is 0.227 e. The third-order valence-corrected chi connectivity index (χ3v) is 4.38. The van der Waals surface area contributed by atoms with E-state index in [9.17, 15) is 5.11 Å². The number of hydrogen-bond acceptors (Lipinski definition) is 8. The van der Waals surface area contributed by atoms with E-state index in [0.717, 1.165) is 0 Å². The number of benzene rings is 1. The topological polar surface area (TPSA) is 127 Å². The van der Waals surface area contributed by atoms with Gasteiger partial charge in [-0.15, -0.1) is 5.10 Å². The lowest BCUT2D eigenvalue weighted by Gasteiger charge is -2.20. The molecular weight excluding hydrogens is 368 g/mol. The number of nitrogen functional groups attached to an aromatic ring is 1. The van der Waals surface area contributed by atoms with E-state index in [1.807, 2.05) is 20.8 Å². The number of fused-ring (bicyclic) bond motifs is 1. The first-order valence-corrected chi connectivity index (χ1v) is 9.10. The Labute approximate surface area is 161 Å². The fraction of sp³-hybridized carbons (Fsp3) is 0.412. The van der Waals surface area contributed by atoms with Crippen LogP contribution < -0.4 is 16.4 Å². The zero-order chi connectivity index (χ0) is 19.6. The molecule has 0 unspecified atom stereocenters. The van der Waals surface area contributed by atoms with E-state index in [4.69, 9.17) is 17.3 Å². The summed E-state index contributed by atoms with van der Waals surface area (Å²) in [6.07, 6.45) is 0. The van der Waals surface area contributed by atoms with Crippen molar-refractivity contribution in [3.63, 3.8) is 0 Å². The average Bonchev–Trinajstić information content (AvgIpc) is 3.01. The number of aromatic nitrogens is 5. The lowest BCUT2D eigenvalue weighted by molar-refractivity contribution is 0.248. The van der Waals surface area contributed by atoms with E-state index in [-0.39, 0.29) is 18.6 Å². The summed E-state index contributed by atoms with van der Waals surface area (Å²) in [6.45, 7) is 6.57. The van der Waals surface area contributed by atoms with Gasteiger partial charge in [-0.1, -0.05) is 30.7 Å². The standard InChI is InChI=1S/C17H23ClN8O/c1-4-26-16-14(24-25-26)15(20-12-6-10(18)5-11(19)7-12)22-17(23-16)21-13(8-27)9(2)3/h5-7,9,13,27H,4,8,19H2,1-3H3,(H2,20,21,22,23)/t13-/m0/s1.